The normalized spacial score (nSPS) is 15.8. The van der Waals surface area contributed by atoms with Crippen LogP contribution in [0.15, 0.2) is 29.3 Å². The third kappa shape index (κ3) is 4.16. The first-order valence-electron chi connectivity index (χ1n) is 6.68. The lowest BCUT2D eigenvalue weighted by atomic mass is 10.2. The van der Waals surface area contributed by atoms with Gasteiger partial charge in [-0.15, -0.1) is 24.0 Å². The zero-order chi connectivity index (χ0) is 13.7. The average Bonchev–Trinajstić information content (AvgIpc) is 2.48. The second kappa shape index (κ2) is 8.18. The van der Waals surface area contributed by atoms with Gasteiger partial charge in [0.15, 0.2) is 5.96 Å². The molecule has 0 aromatic heterocycles. The SMILES string of the molecule is CCN=C(N)N1CCN(c2ccc(OC)cc2)CC1.I. The summed E-state index contributed by atoms with van der Waals surface area (Å²) in [7, 11) is 1.68. The second-order valence-corrected chi connectivity index (χ2v) is 4.50. The largest absolute Gasteiger partial charge is 0.497 e. The summed E-state index contributed by atoms with van der Waals surface area (Å²) in [5, 5.41) is 0. The molecule has 0 unspecified atom stereocenters. The first-order valence-corrected chi connectivity index (χ1v) is 6.68. The van der Waals surface area contributed by atoms with Crippen LogP contribution in [-0.4, -0.2) is 50.7 Å². The Kier molecular flexibility index (Phi) is 6.90. The van der Waals surface area contributed by atoms with Crippen LogP contribution in [0.2, 0.25) is 0 Å². The number of piperazine rings is 1. The van der Waals surface area contributed by atoms with Crippen molar-refractivity contribution in [3.05, 3.63) is 24.3 Å². The van der Waals surface area contributed by atoms with E-state index in [0.29, 0.717) is 5.96 Å². The highest BCUT2D eigenvalue weighted by atomic mass is 127. The van der Waals surface area contributed by atoms with Crippen LogP contribution in [0.3, 0.4) is 0 Å². The fourth-order valence-electron chi connectivity index (χ4n) is 2.25. The Balaban J connectivity index is 0.00000200. The standard InChI is InChI=1S/C14H22N4O.HI/c1-3-16-14(15)18-10-8-17(9-11-18)12-4-6-13(19-2)7-5-12;/h4-7H,3,8-11H2,1-2H3,(H2,15,16);1H. The Bertz CT molecular complexity index is 427. The zero-order valence-electron chi connectivity index (χ0n) is 12.1. The van der Waals surface area contributed by atoms with Crippen molar-refractivity contribution in [2.75, 3.05) is 44.7 Å². The molecule has 1 heterocycles. The highest BCUT2D eigenvalue weighted by Gasteiger charge is 2.18. The highest BCUT2D eigenvalue weighted by molar-refractivity contribution is 14.0. The van der Waals surface area contributed by atoms with Crippen LogP contribution in [0.1, 0.15) is 6.92 Å². The molecule has 0 spiro atoms. The predicted octanol–water partition coefficient (Wildman–Crippen LogP) is 1.77. The van der Waals surface area contributed by atoms with E-state index in [4.69, 9.17) is 10.5 Å². The molecular formula is C14H23IN4O. The summed E-state index contributed by atoms with van der Waals surface area (Å²) in [5.41, 5.74) is 7.15. The van der Waals surface area contributed by atoms with Crippen molar-refractivity contribution in [2.45, 2.75) is 6.92 Å². The number of halogens is 1. The van der Waals surface area contributed by atoms with E-state index >= 15 is 0 Å². The molecule has 1 fully saturated rings. The van der Waals surface area contributed by atoms with Gasteiger partial charge in [-0.3, -0.25) is 4.99 Å². The minimum Gasteiger partial charge on any atom is -0.497 e. The van der Waals surface area contributed by atoms with Gasteiger partial charge in [-0.05, 0) is 31.2 Å². The van der Waals surface area contributed by atoms with Crippen molar-refractivity contribution >= 4 is 35.6 Å². The summed E-state index contributed by atoms with van der Waals surface area (Å²) in [4.78, 5) is 8.75. The fraction of sp³-hybridized carbons (Fsp3) is 0.500. The van der Waals surface area contributed by atoms with E-state index < -0.39 is 0 Å². The third-order valence-corrected chi connectivity index (χ3v) is 3.36. The minimum absolute atomic E-state index is 0. The van der Waals surface area contributed by atoms with Crippen LogP contribution in [0.5, 0.6) is 5.75 Å². The Morgan fingerprint density at radius 2 is 1.80 bits per heavy atom. The monoisotopic (exact) mass is 390 g/mol. The summed E-state index contributed by atoms with van der Waals surface area (Å²) in [6.45, 7) is 6.51. The molecule has 0 atom stereocenters. The van der Waals surface area contributed by atoms with Gasteiger partial charge in [0.05, 0.1) is 7.11 Å². The molecule has 112 valence electrons. The minimum atomic E-state index is 0. The molecule has 1 saturated heterocycles. The van der Waals surface area contributed by atoms with Gasteiger partial charge in [0.25, 0.3) is 0 Å². The summed E-state index contributed by atoms with van der Waals surface area (Å²) >= 11 is 0. The number of guanidine groups is 1. The second-order valence-electron chi connectivity index (χ2n) is 4.50. The van der Waals surface area contributed by atoms with Gasteiger partial charge in [0.2, 0.25) is 0 Å². The lowest BCUT2D eigenvalue weighted by Crippen LogP contribution is -2.51. The van der Waals surface area contributed by atoms with Crippen LogP contribution in [0, 0.1) is 0 Å². The van der Waals surface area contributed by atoms with Gasteiger partial charge < -0.3 is 20.3 Å². The Hall–Kier alpha value is -1.18. The van der Waals surface area contributed by atoms with Crippen molar-refractivity contribution in [3.8, 4) is 5.75 Å². The molecular weight excluding hydrogens is 367 g/mol. The summed E-state index contributed by atoms with van der Waals surface area (Å²) in [6.07, 6.45) is 0. The van der Waals surface area contributed by atoms with E-state index in [1.54, 1.807) is 7.11 Å². The zero-order valence-corrected chi connectivity index (χ0v) is 14.4. The maximum Gasteiger partial charge on any atom is 0.191 e. The van der Waals surface area contributed by atoms with Crippen LogP contribution in [0.4, 0.5) is 5.69 Å². The quantitative estimate of drug-likeness (QED) is 0.486. The number of ether oxygens (including phenoxy) is 1. The van der Waals surface area contributed by atoms with Crippen molar-refractivity contribution in [3.63, 3.8) is 0 Å². The molecule has 0 bridgehead atoms. The third-order valence-electron chi connectivity index (χ3n) is 3.36. The first-order chi connectivity index (χ1) is 9.24. The van der Waals surface area contributed by atoms with Crippen molar-refractivity contribution in [2.24, 2.45) is 10.7 Å². The number of methoxy groups -OCH3 is 1. The van der Waals surface area contributed by atoms with Crippen LogP contribution >= 0.6 is 24.0 Å². The molecule has 6 heteroatoms. The number of aliphatic imine (C=N–C) groups is 1. The van der Waals surface area contributed by atoms with E-state index in [1.807, 2.05) is 19.1 Å². The van der Waals surface area contributed by atoms with Crippen LogP contribution in [0.25, 0.3) is 0 Å². The van der Waals surface area contributed by atoms with E-state index in [-0.39, 0.29) is 24.0 Å². The number of hydrogen-bond donors (Lipinski definition) is 1. The lowest BCUT2D eigenvalue weighted by Gasteiger charge is -2.36. The topological polar surface area (TPSA) is 54.1 Å². The summed E-state index contributed by atoms with van der Waals surface area (Å²) < 4.78 is 5.17. The Morgan fingerprint density at radius 3 is 2.30 bits per heavy atom. The average molecular weight is 390 g/mol. The van der Waals surface area contributed by atoms with E-state index in [0.717, 1.165) is 38.5 Å². The van der Waals surface area contributed by atoms with E-state index in [1.165, 1.54) is 5.69 Å². The molecule has 1 aliphatic rings. The molecule has 1 aromatic carbocycles. The Labute approximate surface area is 137 Å². The number of hydrogen-bond acceptors (Lipinski definition) is 3. The van der Waals surface area contributed by atoms with Gasteiger partial charge in [0.1, 0.15) is 5.75 Å². The Morgan fingerprint density at radius 1 is 1.20 bits per heavy atom. The molecule has 0 saturated carbocycles. The summed E-state index contributed by atoms with van der Waals surface area (Å²) in [6, 6.07) is 8.18. The fourth-order valence-corrected chi connectivity index (χ4v) is 2.25. The first kappa shape index (κ1) is 16.9. The number of nitrogens with zero attached hydrogens (tertiary/aromatic N) is 3. The van der Waals surface area contributed by atoms with Crippen molar-refractivity contribution < 1.29 is 4.74 Å². The maximum atomic E-state index is 5.92. The molecule has 1 aromatic rings. The maximum absolute atomic E-state index is 5.92. The number of nitrogens with two attached hydrogens (primary N) is 1. The molecule has 5 nitrogen and oxygen atoms in total. The van der Waals surface area contributed by atoms with Gasteiger partial charge in [-0.2, -0.15) is 0 Å². The molecule has 2 N–H and O–H groups in total. The van der Waals surface area contributed by atoms with Gasteiger partial charge >= 0.3 is 0 Å². The molecule has 0 radical (unpaired) electrons. The number of anilines is 1. The van der Waals surface area contributed by atoms with Crippen molar-refractivity contribution in [1.82, 2.24) is 4.90 Å². The van der Waals surface area contributed by atoms with Crippen LogP contribution < -0.4 is 15.4 Å². The molecule has 2 rings (SSSR count). The smallest absolute Gasteiger partial charge is 0.191 e. The molecule has 1 aliphatic heterocycles. The van der Waals surface area contributed by atoms with Crippen LogP contribution in [-0.2, 0) is 0 Å². The van der Waals surface area contributed by atoms with E-state index in [9.17, 15) is 0 Å². The molecule has 0 amide bonds. The van der Waals surface area contributed by atoms with E-state index in [2.05, 4.69) is 26.9 Å². The number of rotatable bonds is 3. The van der Waals surface area contributed by atoms with Crippen molar-refractivity contribution in [1.29, 1.82) is 0 Å². The summed E-state index contributed by atoms with van der Waals surface area (Å²) in [5.74, 6) is 1.55. The van der Waals surface area contributed by atoms with Gasteiger partial charge in [-0.1, -0.05) is 0 Å². The van der Waals surface area contributed by atoms with Gasteiger partial charge in [0, 0.05) is 38.4 Å². The molecule has 0 aliphatic carbocycles. The lowest BCUT2D eigenvalue weighted by molar-refractivity contribution is 0.381. The predicted molar refractivity (Wildman–Crippen MR) is 94.4 cm³/mol. The highest BCUT2D eigenvalue weighted by Crippen LogP contribution is 2.20. The molecule has 20 heavy (non-hydrogen) atoms. The number of benzene rings is 1. The van der Waals surface area contributed by atoms with Gasteiger partial charge in [-0.25, -0.2) is 0 Å².